The van der Waals surface area contributed by atoms with E-state index in [-0.39, 0.29) is 11.8 Å². The van der Waals surface area contributed by atoms with Crippen LogP contribution in [0.15, 0.2) is 21.9 Å². The summed E-state index contributed by atoms with van der Waals surface area (Å²) >= 11 is 4.29. The van der Waals surface area contributed by atoms with Crippen molar-refractivity contribution < 1.29 is 9.59 Å². The molecule has 140 valence electrons. The molecular weight excluding hydrogens is 388 g/mol. The van der Waals surface area contributed by atoms with Crippen molar-refractivity contribution in [2.75, 3.05) is 17.6 Å². The standard InChI is InChI=1S/C17H22N4O2S3/c1-2-9-18-13(22)11-25-16-21-20-15(26-16)19-14(23)17(7-3-4-8-17)12-6-5-10-24-12/h5-6,10H,2-4,7-9,11H2,1H3,(H,18,22)(H,19,20,23). The van der Waals surface area contributed by atoms with Crippen LogP contribution in [-0.2, 0) is 15.0 Å². The zero-order valence-corrected chi connectivity index (χ0v) is 17.1. The third-order valence-electron chi connectivity index (χ3n) is 4.41. The first kappa shape index (κ1) is 19.3. The van der Waals surface area contributed by atoms with E-state index < -0.39 is 5.41 Å². The molecule has 1 saturated carbocycles. The lowest BCUT2D eigenvalue weighted by Gasteiger charge is -2.25. The molecule has 0 aromatic carbocycles. The van der Waals surface area contributed by atoms with Crippen molar-refractivity contribution in [2.24, 2.45) is 0 Å². The SMILES string of the molecule is CCCNC(=O)CSc1nnc(NC(=O)C2(c3cccs3)CCCC2)s1. The topological polar surface area (TPSA) is 84.0 Å². The van der Waals surface area contributed by atoms with Crippen molar-refractivity contribution >= 4 is 51.4 Å². The van der Waals surface area contributed by atoms with Gasteiger partial charge >= 0.3 is 0 Å². The predicted molar refractivity (Wildman–Crippen MR) is 107 cm³/mol. The Balaban J connectivity index is 1.60. The summed E-state index contributed by atoms with van der Waals surface area (Å²) < 4.78 is 0.684. The monoisotopic (exact) mass is 410 g/mol. The summed E-state index contributed by atoms with van der Waals surface area (Å²) in [6.07, 6.45) is 4.79. The Morgan fingerprint density at radius 2 is 2.12 bits per heavy atom. The van der Waals surface area contributed by atoms with E-state index in [0.29, 0.717) is 21.8 Å². The van der Waals surface area contributed by atoms with Gasteiger partial charge in [-0.2, -0.15) is 0 Å². The number of anilines is 1. The summed E-state index contributed by atoms with van der Waals surface area (Å²) in [6, 6.07) is 4.04. The van der Waals surface area contributed by atoms with Crippen LogP contribution in [-0.4, -0.2) is 34.3 Å². The second-order valence-electron chi connectivity index (χ2n) is 6.23. The van der Waals surface area contributed by atoms with E-state index in [4.69, 9.17) is 0 Å². The smallest absolute Gasteiger partial charge is 0.237 e. The van der Waals surface area contributed by atoms with Crippen LogP contribution in [0.2, 0.25) is 0 Å². The fourth-order valence-corrected chi connectivity index (χ4v) is 5.65. The number of amides is 2. The van der Waals surface area contributed by atoms with Gasteiger partial charge in [0.15, 0.2) is 4.34 Å². The average molecular weight is 411 g/mol. The van der Waals surface area contributed by atoms with Crippen molar-refractivity contribution in [3.05, 3.63) is 22.4 Å². The normalized spacial score (nSPS) is 15.7. The fourth-order valence-electron chi connectivity index (χ4n) is 3.09. The van der Waals surface area contributed by atoms with Crippen molar-refractivity contribution in [1.82, 2.24) is 15.5 Å². The molecule has 9 heteroatoms. The second kappa shape index (κ2) is 8.96. The third-order valence-corrected chi connectivity index (χ3v) is 7.46. The van der Waals surface area contributed by atoms with E-state index in [1.807, 2.05) is 24.4 Å². The van der Waals surface area contributed by atoms with E-state index in [1.54, 1.807) is 11.3 Å². The summed E-state index contributed by atoms with van der Waals surface area (Å²) in [5.74, 6) is 0.299. The first-order valence-electron chi connectivity index (χ1n) is 8.72. The fraction of sp³-hybridized carbons (Fsp3) is 0.529. The lowest BCUT2D eigenvalue weighted by atomic mass is 9.83. The molecule has 2 amide bonds. The van der Waals surface area contributed by atoms with Gasteiger partial charge in [0.05, 0.1) is 11.2 Å². The molecule has 1 fully saturated rings. The molecule has 1 aliphatic carbocycles. The van der Waals surface area contributed by atoms with E-state index in [1.165, 1.54) is 23.1 Å². The van der Waals surface area contributed by atoms with Crippen molar-refractivity contribution in [3.63, 3.8) is 0 Å². The van der Waals surface area contributed by atoms with E-state index in [9.17, 15) is 9.59 Å². The van der Waals surface area contributed by atoms with Crippen LogP contribution in [0.5, 0.6) is 0 Å². The molecule has 1 aliphatic rings. The molecule has 0 bridgehead atoms. The summed E-state index contributed by atoms with van der Waals surface area (Å²) in [5.41, 5.74) is -0.437. The molecule has 2 aromatic rings. The Bertz CT molecular complexity index is 739. The van der Waals surface area contributed by atoms with Crippen molar-refractivity contribution in [1.29, 1.82) is 0 Å². The minimum atomic E-state index is -0.437. The first-order chi connectivity index (χ1) is 12.6. The Morgan fingerprint density at radius 1 is 1.31 bits per heavy atom. The number of thioether (sulfide) groups is 1. The number of hydrogen-bond donors (Lipinski definition) is 2. The summed E-state index contributed by atoms with van der Waals surface area (Å²) in [5, 5.41) is 16.4. The van der Waals surface area contributed by atoms with Gasteiger partial charge in [-0.25, -0.2) is 0 Å². The van der Waals surface area contributed by atoms with Crippen LogP contribution in [0.4, 0.5) is 5.13 Å². The largest absolute Gasteiger partial charge is 0.355 e. The number of thiophene rings is 1. The highest BCUT2D eigenvalue weighted by Crippen LogP contribution is 2.44. The molecular formula is C17H22N4O2S3. The number of nitrogens with zero attached hydrogens (tertiary/aromatic N) is 2. The van der Waals surface area contributed by atoms with Gasteiger partial charge < -0.3 is 5.32 Å². The summed E-state index contributed by atoms with van der Waals surface area (Å²) in [4.78, 5) is 25.8. The average Bonchev–Trinajstić information content (AvgIpc) is 3.39. The maximum Gasteiger partial charge on any atom is 0.237 e. The van der Waals surface area contributed by atoms with E-state index >= 15 is 0 Å². The van der Waals surface area contributed by atoms with Gasteiger partial charge in [0.25, 0.3) is 0 Å². The zero-order chi connectivity index (χ0) is 18.4. The number of carbonyl (C=O) groups is 2. The number of hydrogen-bond acceptors (Lipinski definition) is 7. The number of carbonyl (C=O) groups excluding carboxylic acids is 2. The van der Waals surface area contributed by atoms with E-state index in [0.717, 1.165) is 37.0 Å². The van der Waals surface area contributed by atoms with Gasteiger partial charge in [-0.1, -0.05) is 48.9 Å². The molecule has 6 nitrogen and oxygen atoms in total. The highest BCUT2D eigenvalue weighted by molar-refractivity contribution is 8.01. The Hall–Kier alpha value is -1.45. The van der Waals surface area contributed by atoms with Crippen molar-refractivity contribution in [2.45, 2.75) is 48.8 Å². The number of rotatable bonds is 8. The second-order valence-corrected chi connectivity index (χ2v) is 9.38. The molecule has 0 aliphatic heterocycles. The summed E-state index contributed by atoms with van der Waals surface area (Å²) in [6.45, 7) is 2.70. The molecule has 26 heavy (non-hydrogen) atoms. The summed E-state index contributed by atoms with van der Waals surface area (Å²) in [7, 11) is 0. The molecule has 3 rings (SSSR count). The highest BCUT2D eigenvalue weighted by atomic mass is 32.2. The lowest BCUT2D eigenvalue weighted by Crippen LogP contribution is -2.37. The van der Waals surface area contributed by atoms with Gasteiger partial charge in [-0.05, 0) is 30.7 Å². The lowest BCUT2D eigenvalue weighted by molar-refractivity contribution is -0.121. The van der Waals surface area contributed by atoms with E-state index in [2.05, 4.69) is 20.8 Å². The minimum Gasteiger partial charge on any atom is -0.355 e. The Labute approximate surface area is 165 Å². The highest BCUT2D eigenvalue weighted by Gasteiger charge is 2.43. The van der Waals surface area contributed by atoms with Crippen LogP contribution in [0.1, 0.15) is 43.9 Å². The van der Waals surface area contributed by atoms with Gasteiger partial charge in [-0.3, -0.25) is 14.9 Å². The third kappa shape index (κ3) is 4.44. The maximum absolute atomic E-state index is 13.0. The molecule has 0 atom stereocenters. The zero-order valence-electron chi connectivity index (χ0n) is 14.6. The van der Waals surface area contributed by atoms with Crippen LogP contribution >= 0.6 is 34.4 Å². The van der Waals surface area contributed by atoms with Gasteiger partial charge in [0.1, 0.15) is 0 Å². The van der Waals surface area contributed by atoms with Crippen LogP contribution in [0.25, 0.3) is 0 Å². The minimum absolute atomic E-state index is 0.00541. The van der Waals surface area contributed by atoms with Gasteiger partial charge in [0.2, 0.25) is 16.9 Å². The number of aromatic nitrogens is 2. The Morgan fingerprint density at radius 3 is 2.81 bits per heavy atom. The predicted octanol–water partition coefficient (Wildman–Crippen LogP) is 3.67. The molecule has 2 N–H and O–H groups in total. The Kier molecular flexibility index (Phi) is 6.66. The molecule has 0 spiro atoms. The molecule has 0 saturated heterocycles. The van der Waals surface area contributed by atoms with Crippen LogP contribution < -0.4 is 10.6 Å². The maximum atomic E-state index is 13.0. The van der Waals surface area contributed by atoms with Gasteiger partial charge in [0, 0.05) is 11.4 Å². The molecule has 0 radical (unpaired) electrons. The number of nitrogens with one attached hydrogen (secondary N) is 2. The molecule has 2 heterocycles. The van der Waals surface area contributed by atoms with Gasteiger partial charge in [-0.15, -0.1) is 21.5 Å². The van der Waals surface area contributed by atoms with Crippen LogP contribution in [0, 0.1) is 0 Å². The van der Waals surface area contributed by atoms with Crippen molar-refractivity contribution in [3.8, 4) is 0 Å². The van der Waals surface area contributed by atoms with Crippen LogP contribution in [0.3, 0.4) is 0 Å². The quantitative estimate of drug-likeness (QED) is 0.512. The molecule has 2 aromatic heterocycles. The first-order valence-corrected chi connectivity index (χ1v) is 11.4. The molecule has 0 unspecified atom stereocenters.